The van der Waals surface area contributed by atoms with Crippen molar-refractivity contribution in [1.29, 1.82) is 0 Å². The van der Waals surface area contributed by atoms with E-state index in [1.807, 2.05) is 33.8 Å². The fourth-order valence-corrected chi connectivity index (χ4v) is 2.15. The van der Waals surface area contributed by atoms with Crippen molar-refractivity contribution in [1.82, 2.24) is 20.2 Å². The van der Waals surface area contributed by atoms with E-state index in [1.165, 1.54) is 0 Å². The zero-order chi connectivity index (χ0) is 15.6. The average molecular weight is 292 g/mol. The second-order valence-electron chi connectivity index (χ2n) is 5.84. The summed E-state index contributed by atoms with van der Waals surface area (Å²) >= 11 is 0. The molecule has 2 aromatic rings. The first-order chi connectivity index (χ1) is 9.82. The van der Waals surface area contributed by atoms with Gasteiger partial charge in [0.15, 0.2) is 5.69 Å². The largest absolute Gasteiger partial charge is 0.461 e. The fourth-order valence-electron chi connectivity index (χ4n) is 2.15. The minimum absolute atomic E-state index is 0.254. The van der Waals surface area contributed by atoms with Crippen LogP contribution < -0.4 is 0 Å². The van der Waals surface area contributed by atoms with Gasteiger partial charge in [0, 0.05) is 11.5 Å². The van der Waals surface area contributed by atoms with Gasteiger partial charge in [0.2, 0.25) is 0 Å². The third-order valence-electron chi connectivity index (χ3n) is 2.90. The van der Waals surface area contributed by atoms with E-state index in [2.05, 4.69) is 15.5 Å². The monoisotopic (exact) mass is 292 g/mol. The molecule has 0 bridgehead atoms. The summed E-state index contributed by atoms with van der Waals surface area (Å²) in [6.45, 7) is 10.3. The highest BCUT2D eigenvalue weighted by Gasteiger charge is 2.30. The van der Waals surface area contributed by atoms with Crippen molar-refractivity contribution in [3.8, 4) is 0 Å². The molecule has 7 heteroatoms. The van der Waals surface area contributed by atoms with E-state index >= 15 is 0 Å². The number of carbonyl (C=O) groups is 1. The lowest BCUT2D eigenvalue weighted by molar-refractivity contribution is 0.0516. The molecule has 0 N–H and O–H groups in total. The van der Waals surface area contributed by atoms with Crippen LogP contribution in [-0.2, 0) is 16.7 Å². The van der Waals surface area contributed by atoms with Gasteiger partial charge in [-0.3, -0.25) is 0 Å². The molecule has 2 aromatic heterocycles. The Balaban J connectivity index is 2.39. The third kappa shape index (κ3) is 3.29. The van der Waals surface area contributed by atoms with Crippen LogP contribution in [0.15, 0.2) is 10.6 Å². The van der Waals surface area contributed by atoms with Crippen LogP contribution >= 0.6 is 0 Å². The van der Waals surface area contributed by atoms with E-state index in [4.69, 9.17) is 9.26 Å². The Kier molecular flexibility index (Phi) is 4.11. The van der Waals surface area contributed by atoms with Crippen LogP contribution in [0.4, 0.5) is 0 Å². The minimum Gasteiger partial charge on any atom is -0.461 e. The molecule has 0 fully saturated rings. The summed E-state index contributed by atoms with van der Waals surface area (Å²) in [6, 6.07) is 1.83. The fraction of sp³-hybridized carbons (Fsp3) is 0.571. The molecule has 114 valence electrons. The van der Waals surface area contributed by atoms with Gasteiger partial charge in [0.25, 0.3) is 0 Å². The Hall–Kier alpha value is -2.18. The molecule has 0 spiro atoms. The summed E-state index contributed by atoms with van der Waals surface area (Å²) in [5, 5.41) is 12.0. The number of aryl methyl sites for hydroxylation is 1. The quantitative estimate of drug-likeness (QED) is 0.802. The highest BCUT2D eigenvalue weighted by molar-refractivity contribution is 5.88. The van der Waals surface area contributed by atoms with Crippen molar-refractivity contribution < 1.29 is 14.1 Å². The van der Waals surface area contributed by atoms with Crippen LogP contribution in [0.5, 0.6) is 0 Å². The minimum atomic E-state index is -0.454. The molecule has 21 heavy (non-hydrogen) atoms. The molecule has 0 aliphatic heterocycles. The van der Waals surface area contributed by atoms with E-state index < -0.39 is 5.97 Å². The van der Waals surface area contributed by atoms with E-state index in [9.17, 15) is 4.79 Å². The van der Waals surface area contributed by atoms with Crippen molar-refractivity contribution in [2.24, 2.45) is 0 Å². The summed E-state index contributed by atoms with van der Waals surface area (Å²) < 4.78 is 11.8. The first-order valence-electron chi connectivity index (χ1n) is 6.86. The van der Waals surface area contributed by atoms with Gasteiger partial charge < -0.3 is 9.26 Å². The smallest absolute Gasteiger partial charge is 0.360 e. The molecule has 0 amide bonds. The zero-order valence-electron chi connectivity index (χ0n) is 13.0. The normalized spacial score (nSPS) is 11.7. The Bertz CT molecular complexity index is 637. The van der Waals surface area contributed by atoms with E-state index in [0.29, 0.717) is 13.2 Å². The molecule has 2 rings (SSSR count). The van der Waals surface area contributed by atoms with Gasteiger partial charge in [-0.05, 0) is 13.8 Å². The molecular formula is C14H20N4O3. The van der Waals surface area contributed by atoms with Crippen LogP contribution in [0, 0.1) is 6.92 Å². The van der Waals surface area contributed by atoms with Gasteiger partial charge >= 0.3 is 5.97 Å². The Labute approximate surface area is 123 Å². The summed E-state index contributed by atoms with van der Waals surface area (Å²) in [6.07, 6.45) is 0. The Morgan fingerprint density at radius 1 is 1.43 bits per heavy atom. The number of nitrogens with zero attached hydrogens (tertiary/aromatic N) is 4. The van der Waals surface area contributed by atoms with Crippen LogP contribution in [0.25, 0.3) is 0 Å². The SMILES string of the molecule is CCOC(=O)c1nnn(Cc2cc(C)on2)c1C(C)(C)C. The number of aromatic nitrogens is 4. The zero-order valence-corrected chi connectivity index (χ0v) is 13.0. The average Bonchev–Trinajstić information content (AvgIpc) is 2.96. The number of hydrogen-bond donors (Lipinski definition) is 0. The summed E-state index contributed by atoms with van der Waals surface area (Å²) in [4.78, 5) is 12.0. The molecule has 0 unspecified atom stereocenters. The van der Waals surface area contributed by atoms with Crippen LogP contribution in [0.2, 0.25) is 0 Å². The predicted octanol–water partition coefficient (Wildman–Crippen LogP) is 2.10. The van der Waals surface area contributed by atoms with Gasteiger partial charge in [-0.2, -0.15) is 0 Å². The molecule has 0 atom stereocenters. The number of carbonyl (C=O) groups excluding carboxylic acids is 1. The highest BCUT2D eigenvalue weighted by Crippen LogP contribution is 2.25. The number of hydrogen-bond acceptors (Lipinski definition) is 6. The second kappa shape index (κ2) is 5.67. The third-order valence-corrected chi connectivity index (χ3v) is 2.90. The lowest BCUT2D eigenvalue weighted by atomic mass is 9.90. The molecule has 0 aromatic carbocycles. The standard InChI is InChI=1S/C14H20N4O3/c1-6-20-13(19)11-12(14(3,4)5)18(17-15-11)8-10-7-9(2)21-16-10/h7H,6,8H2,1-5H3. The van der Waals surface area contributed by atoms with Crippen molar-refractivity contribution >= 4 is 5.97 Å². The lowest BCUT2D eigenvalue weighted by Gasteiger charge is -2.20. The van der Waals surface area contributed by atoms with Gasteiger partial charge in [-0.15, -0.1) is 5.10 Å². The molecule has 7 nitrogen and oxygen atoms in total. The van der Waals surface area contributed by atoms with E-state index in [0.717, 1.165) is 17.1 Å². The van der Waals surface area contributed by atoms with Crippen molar-refractivity contribution in [2.75, 3.05) is 6.61 Å². The first kappa shape index (κ1) is 15.2. The molecule has 0 aliphatic carbocycles. The van der Waals surface area contributed by atoms with Crippen molar-refractivity contribution in [2.45, 2.75) is 46.6 Å². The summed E-state index contributed by atoms with van der Waals surface area (Å²) in [5.41, 5.74) is 1.41. The van der Waals surface area contributed by atoms with Gasteiger partial charge in [-0.1, -0.05) is 31.1 Å². The van der Waals surface area contributed by atoms with Crippen LogP contribution in [0.1, 0.15) is 55.3 Å². The van der Waals surface area contributed by atoms with Crippen molar-refractivity contribution in [3.63, 3.8) is 0 Å². The number of esters is 1. The maximum atomic E-state index is 12.0. The first-order valence-corrected chi connectivity index (χ1v) is 6.86. The van der Waals surface area contributed by atoms with Gasteiger partial charge in [0.05, 0.1) is 18.8 Å². The van der Waals surface area contributed by atoms with E-state index in [1.54, 1.807) is 11.6 Å². The number of rotatable bonds is 4. The topological polar surface area (TPSA) is 83.0 Å². The molecule has 0 saturated heterocycles. The van der Waals surface area contributed by atoms with Crippen molar-refractivity contribution in [3.05, 3.63) is 28.9 Å². The molecule has 0 saturated carbocycles. The lowest BCUT2D eigenvalue weighted by Crippen LogP contribution is -2.23. The van der Waals surface area contributed by atoms with Crippen LogP contribution in [0.3, 0.4) is 0 Å². The van der Waals surface area contributed by atoms with Gasteiger partial charge in [0.1, 0.15) is 11.5 Å². The molecule has 0 radical (unpaired) electrons. The second-order valence-corrected chi connectivity index (χ2v) is 5.84. The maximum Gasteiger partial charge on any atom is 0.360 e. The summed E-state index contributed by atoms with van der Waals surface area (Å²) in [5.74, 6) is 0.276. The number of ether oxygens (including phenoxy) is 1. The van der Waals surface area contributed by atoms with Gasteiger partial charge in [-0.25, -0.2) is 9.48 Å². The molecule has 2 heterocycles. The van der Waals surface area contributed by atoms with Crippen LogP contribution in [-0.4, -0.2) is 32.7 Å². The molecular weight excluding hydrogens is 272 g/mol. The Morgan fingerprint density at radius 3 is 2.67 bits per heavy atom. The highest BCUT2D eigenvalue weighted by atomic mass is 16.5. The Morgan fingerprint density at radius 2 is 2.14 bits per heavy atom. The summed E-state index contributed by atoms with van der Waals surface area (Å²) in [7, 11) is 0. The van der Waals surface area contributed by atoms with E-state index in [-0.39, 0.29) is 11.1 Å². The molecule has 0 aliphatic rings. The predicted molar refractivity (Wildman–Crippen MR) is 75.0 cm³/mol. The maximum absolute atomic E-state index is 12.0.